The van der Waals surface area contributed by atoms with Gasteiger partial charge in [0.1, 0.15) is 10.7 Å². The van der Waals surface area contributed by atoms with Gasteiger partial charge in [-0.2, -0.15) is 0 Å². The SMILES string of the molecule is Cc1cnc(C(=O)Cc2nc(C(C)(C)C)cs2)cn1. The van der Waals surface area contributed by atoms with Crippen LogP contribution in [0.5, 0.6) is 0 Å². The minimum absolute atomic E-state index is 0.0153. The van der Waals surface area contributed by atoms with Gasteiger partial charge in [-0.25, -0.2) is 9.97 Å². The van der Waals surface area contributed by atoms with E-state index in [1.54, 1.807) is 6.20 Å². The van der Waals surface area contributed by atoms with E-state index in [9.17, 15) is 4.79 Å². The van der Waals surface area contributed by atoms with Crippen LogP contribution in [0, 0.1) is 6.92 Å². The highest BCUT2D eigenvalue weighted by atomic mass is 32.1. The Bertz CT molecular complexity index is 581. The monoisotopic (exact) mass is 275 g/mol. The molecule has 2 rings (SSSR count). The molecule has 0 aromatic carbocycles. The lowest BCUT2D eigenvalue weighted by Crippen LogP contribution is -2.12. The molecule has 0 fully saturated rings. The van der Waals surface area contributed by atoms with Crippen LogP contribution in [0.2, 0.25) is 0 Å². The topological polar surface area (TPSA) is 55.7 Å². The first-order chi connectivity index (χ1) is 8.86. The van der Waals surface area contributed by atoms with Crippen molar-refractivity contribution in [1.29, 1.82) is 0 Å². The minimum Gasteiger partial charge on any atom is -0.292 e. The Morgan fingerprint density at radius 1 is 1.26 bits per heavy atom. The summed E-state index contributed by atoms with van der Waals surface area (Å²) in [6.45, 7) is 8.18. The van der Waals surface area contributed by atoms with Crippen LogP contribution >= 0.6 is 11.3 Å². The summed E-state index contributed by atoms with van der Waals surface area (Å²) < 4.78 is 0. The lowest BCUT2D eigenvalue weighted by molar-refractivity contribution is 0.0987. The highest BCUT2D eigenvalue weighted by molar-refractivity contribution is 7.09. The van der Waals surface area contributed by atoms with E-state index in [0.717, 1.165) is 16.4 Å². The first kappa shape index (κ1) is 13.8. The Morgan fingerprint density at radius 2 is 2.00 bits per heavy atom. The summed E-state index contributed by atoms with van der Waals surface area (Å²) in [6, 6.07) is 0. The minimum atomic E-state index is -0.0395. The van der Waals surface area contributed by atoms with Gasteiger partial charge in [0.25, 0.3) is 0 Å². The summed E-state index contributed by atoms with van der Waals surface area (Å²) >= 11 is 1.52. The molecule has 0 saturated heterocycles. The largest absolute Gasteiger partial charge is 0.292 e. The fourth-order valence-electron chi connectivity index (χ4n) is 1.50. The van der Waals surface area contributed by atoms with Gasteiger partial charge in [-0.1, -0.05) is 20.8 Å². The lowest BCUT2D eigenvalue weighted by Gasteiger charge is -2.14. The van der Waals surface area contributed by atoms with Crippen LogP contribution in [0.25, 0.3) is 0 Å². The van der Waals surface area contributed by atoms with Gasteiger partial charge in [0.05, 0.1) is 24.0 Å². The van der Waals surface area contributed by atoms with Crippen LogP contribution in [-0.4, -0.2) is 20.7 Å². The van der Waals surface area contributed by atoms with Gasteiger partial charge in [-0.05, 0) is 6.92 Å². The second-order valence-corrected chi connectivity index (χ2v) is 6.46. The van der Waals surface area contributed by atoms with Crippen molar-refractivity contribution in [1.82, 2.24) is 15.0 Å². The highest BCUT2D eigenvalue weighted by Crippen LogP contribution is 2.24. The summed E-state index contributed by atoms with van der Waals surface area (Å²) in [4.78, 5) is 24.7. The third-order valence-corrected chi connectivity index (χ3v) is 3.55. The molecule has 0 saturated carbocycles. The molecule has 0 bridgehead atoms. The zero-order valence-electron chi connectivity index (χ0n) is 11.6. The smallest absolute Gasteiger partial charge is 0.189 e. The summed E-state index contributed by atoms with van der Waals surface area (Å²) in [5, 5.41) is 2.85. The zero-order chi connectivity index (χ0) is 14.0. The van der Waals surface area contributed by atoms with E-state index in [-0.39, 0.29) is 11.2 Å². The first-order valence-corrected chi connectivity index (χ1v) is 7.01. The van der Waals surface area contributed by atoms with Crippen molar-refractivity contribution in [3.8, 4) is 0 Å². The number of thiazole rings is 1. The Labute approximate surface area is 117 Å². The number of rotatable bonds is 3. The molecule has 2 aromatic heterocycles. The van der Waals surface area contributed by atoms with Gasteiger partial charge < -0.3 is 0 Å². The lowest BCUT2D eigenvalue weighted by atomic mass is 9.93. The number of carbonyl (C=O) groups is 1. The number of Topliss-reactive ketones (excluding diaryl/α,β-unsaturated/α-hetero) is 1. The van der Waals surface area contributed by atoms with Crippen LogP contribution < -0.4 is 0 Å². The molecule has 0 atom stereocenters. The van der Waals surface area contributed by atoms with E-state index in [1.165, 1.54) is 17.5 Å². The molecular formula is C14H17N3OS. The molecule has 0 aliphatic heterocycles. The van der Waals surface area contributed by atoms with Gasteiger partial charge in [0, 0.05) is 17.0 Å². The standard InChI is InChI=1S/C14H17N3OS/c1-9-6-16-10(7-15-9)11(18)5-13-17-12(8-19-13)14(2,3)4/h6-8H,5H2,1-4H3. The predicted molar refractivity (Wildman–Crippen MR) is 75.6 cm³/mol. The molecule has 2 heterocycles. The van der Waals surface area contributed by atoms with Crippen LogP contribution in [0.4, 0.5) is 0 Å². The number of aromatic nitrogens is 3. The molecule has 0 aliphatic rings. The molecule has 5 heteroatoms. The third kappa shape index (κ3) is 3.44. The van der Waals surface area contributed by atoms with Gasteiger partial charge >= 0.3 is 0 Å². The number of hydrogen-bond acceptors (Lipinski definition) is 5. The molecule has 100 valence electrons. The fraction of sp³-hybridized carbons (Fsp3) is 0.429. The van der Waals surface area contributed by atoms with Crippen LogP contribution in [0.15, 0.2) is 17.8 Å². The molecule has 19 heavy (non-hydrogen) atoms. The summed E-state index contributed by atoms with van der Waals surface area (Å²) in [6.07, 6.45) is 3.42. The molecule has 2 aromatic rings. The van der Waals surface area contributed by atoms with Crippen LogP contribution in [0.1, 0.15) is 47.7 Å². The van der Waals surface area contributed by atoms with Gasteiger partial charge in [0.15, 0.2) is 5.78 Å². The maximum absolute atomic E-state index is 12.0. The molecule has 0 radical (unpaired) electrons. The number of carbonyl (C=O) groups excluding carboxylic acids is 1. The highest BCUT2D eigenvalue weighted by Gasteiger charge is 2.19. The van der Waals surface area contributed by atoms with Crippen LogP contribution in [0.3, 0.4) is 0 Å². The third-order valence-electron chi connectivity index (χ3n) is 2.70. The van der Waals surface area contributed by atoms with Gasteiger partial charge in [-0.15, -0.1) is 11.3 Å². The van der Waals surface area contributed by atoms with Crippen molar-refractivity contribution in [3.63, 3.8) is 0 Å². The van der Waals surface area contributed by atoms with Crippen molar-refractivity contribution in [2.24, 2.45) is 0 Å². The number of aryl methyl sites for hydroxylation is 1. The molecule has 0 spiro atoms. The molecule has 4 nitrogen and oxygen atoms in total. The molecular weight excluding hydrogens is 258 g/mol. The van der Waals surface area contributed by atoms with E-state index in [2.05, 4.69) is 35.7 Å². The summed E-state index contributed by atoms with van der Waals surface area (Å²) in [5.41, 5.74) is 2.25. The second kappa shape index (κ2) is 5.17. The molecule has 0 aliphatic carbocycles. The predicted octanol–water partition coefficient (Wildman–Crippen LogP) is 2.96. The van der Waals surface area contributed by atoms with Crippen molar-refractivity contribution in [2.45, 2.75) is 39.5 Å². The Balaban J connectivity index is 2.11. The number of ketones is 1. The molecule has 0 unspecified atom stereocenters. The van der Waals surface area contributed by atoms with E-state index in [4.69, 9.17) is 0 Å². The summed E-state index contributed by atoms with van der Waals surface area (Å²) in [7, 11) is 0. The van der Waals surface area contributed by atoms with Crippen molar-refractivity contribution in [3.05, 3.63) is 39.9 Å². The van der Waals surface area contributed by atoms with E-state index < -0.39 is 0 Å². The zero-order valence-corrected chi connectivity index (χ0v) is 12.4. The molecule has 0 N–H and O–H groups in total. The average molecular weight is 275 g/mol. The van der Waals surface area contributed by atoms with E-state index in [0.29, 0.717) is 12.1 Å². The Kier molecular flexibility index (Phi) is 3.75. The maximum atomic E-state index is 12.0. The second-order valence-electron chi connectivity index (χ2n) is 5.52. The Morgan fingerprint density at radius 3 is 2.53 bits per heavy atom. The maximum Gasteiger partial charge on any atom is 0.189 e. The number of hydrogen-bond donors (Lipinski definition) is 0. The molecule has 0 amide bonds. The van der Waals surface area contributed by atoms with Crippen molar-refractivity contribution in [2.75, 3.05) is 0 Å². The van der Waals surface area contributed by atoms with Gasteiger partial charge in [0.2, 0.25) is 0 Å². The van der Waals surface area contributed by atoms with Crippen molar-refractivity contribution < 1.29 is 4.79 Å². The van der Waals surface area contributed by atoms with Crippen molar-refractivity contribution >= 4 is 17.1 Å². The quantitative estimate of drug-likeness (QED) is 0.808. The first-order valence-electron chi connectivity index (χ1n) is 6.13. The van der Waals surface area contributed by atoms with E-state index >= 15 is 0 Å². The van der Waals surface area contributed by atoms with E-state index in [1.807, 2.05) is 12.3 Å². The van der Waals surface area contributed by atoms with Gasteiger partial charge in [-0.3, -0.25) is 9.78 Å². The normalized spacial score (nSPS) is 11.6. The Hall–Kier alpha value is -1.62. The summed E-state index contributed by atoms with van der Waals surface area (Å²) in [5.74, 6) is -0.0395. The average Bonchev–Trinajstić information content (AvgIpc) is 2.78. The fourth-order valence-corrected chi connectivity index (χ4v) is 2.52. The number of nitrogens with zero attached hydrogens (tertiary/aromatic N) is 3. The van der Waals surface area contributed by atoms with Crippen LogP contribution in [-0.2, 0) is 11.8 Å².